The van der Waals surface area contributed by atoms with Gasteiger partial charge in [-0.25, -0.2) is 4.39 Å². The molecule has 0 bridgehead atoms. The second kappa shape index (κ2) is 6.89. The second-order valence-electron chi connectivity index (χ2n) is 6.76. The minimum atomic E-state index is -0.843. The maximum Gasteiger partial charge on any atom is 0.320 e. The molecule has 1 aliphatic rings. The van der Waals surface area contributed by atoms with Gasteiger partial charge in [0, 0.05) is 12.1 Å². The fourth-order valence-corrected chi connectivity index (χ4v) is 3.99. The Morgan fingerprint density at radius 1 is 1.04 bits per heavy atom. The van der Waals surface area contributed by atoms with Crippen LogP contribution in [0, 0.1) is 5.82 Å². The number of halogens is 1. The van der Waals surface area contributed by atoms with Crippen LogP contribution in [0.3, 0.4) is 0 Å². The van der Waals surface area contributed by atoms with Gasteiger partial charge in [0.25, 0.3) is 0 Å². The zero-order valence-electron chi connectivity index (χ0n) is 14.3. The van der Waals surface area contributed by atoms with Crippen molar-refractivity contribution >= 4 is 16.7 Å². The summed E-state index contributed by atoms with van der Waals surface area (Å²) in [5.41, 5.74) is 1.44. The van der Waals surface area contributed by atoms with Crippen molar-refractivity contribution < 1.29 is 14.3 Å². The first kappa shape index (κ1) is 16.7. The molecule has 2 unspecified atom stereocenters. The zero-order chi connectivity index (χ0) is 18.1. The van der Waals surface area contributed by atoms with Gasteiger partial charge in [0.15, 0.2) is 0 Å². The Morgan fingerprint density at radius 2 is 1.77 bits per heavy atom. The van der Waals surface area contributed by atoms with Crippen LogP contribution in [-0.4, -0.2) is 28.6 Å². The third kappa shape index (κ3) is 2.97. The summed E-state index contributed by atoms with van der Waals surface area (Å²) in [6.07, 6.45) is 1.39. The smallest absolute Gasteiger partial charge is 0.320 e. The van der Waals surface area contributed by atoms with E-state index in [1.165, 1.54) is 6.07 Å². The Hall–Kier alpha value is -2.72. The summed E-state index contributed by atoms with van der Waals surface area (Å²) in [5, 5.41) is 11.8. The molecule has 1 fully saturated rings. The van der Waals surface area contributed by atoms with Crippen LogP contribution in [0.25, 0.3) is 10.8 Å². The molecule has 4 heteroatoms. The van der Waals surface area contributed by atoms with Gasteiger partial charge in [-0.05, 0) is 41.3 Å². The fraction of sp³-hybridized carbons (Fsp3) is 0.227. The van der Waals surface area contributed by atoms with Gasteiger partial charge in [0.2, 0.25) is 0 Å². The quantitative estimate of drug-likeness (QED) is 0.747. The molecule has 1 N–H and O–H groups in total. The molecular weight excluding hydrogens is 329 g/mol. The van der Waals surface area contributed by atoms with Gasteiger partial charge >= 0.3 is 5.97 Å². The van der Waals surface area contributed by atoms with Gasteiger partial charge in [-0.3, -0.25) is 9.69 Å². The number of rotatable bonds is 4. The van der Waals surface area contributed by atoms with Gasteiger partial charge in [0.05, 0.1) is 6.04 Å². The van der Waals surface area contributed by atoms with E-state index in [0.717, 1.165) is 22.8 Å². The van der Waals surface area contributed by atoms with Crippen LogP contribution < -0.4 is 0 Å². The molecule has 1 heterocycles. The highest BCUT2D eigenvalue weighted by molar-refractivity contribution is 5.83. The number of hydrogen-bond acceptors (Lipinski definition) is 2. The molecule has 2 atom stereocenters. The number of carboxylic acid groups (broad SMARTS) is 1. The average molecular weight is 349 g/mol. The lowest BCUT2D eigenvalue weighted by atomic mass is 9.94. The molecule has 3 aromatic rings. The first-order valence-corrected chi connectivity index (χ1v) is 8.87. The molecule has 1 saturated heterocycles. The summed E-state index contributed by atoms with van der Waals surface area (Å²) >= 11 is 0. The van der Waals surface area contributed by atoms with Crippen molar-refractivity contribution in [3.8, 4) is 0 Å². The first-order chi connectivity index (χ1) is 12.6. The van der Waals surface area contributed by atoms with Crippen LogP contribution in [0.2, 0.25) is 0 Å². The molecule has 1 aliphatic heterocycles. The van der Waals surface area contributed by atoms with Crippen LogP contribution in [0.5, 0.6) is 0 Å². The standard InChI is InChI=1S/C22H20FNO2/c23-19-9-4-3-8-18(19)21(24-13-5-10-20(24)22(25)26)17-12-11-15-6-1-2-7-16(15)14-17/h1-4,6-9,11-12,14,20-21H,5,10,13H2,(H,25,26). The molecule has 26 heavy (non-hydrogen) atoms. The Kier molecular flexibility index (Phi) is 4.43. The molecule has 0 spiro atoms. The first-order valence-electron chi connectivity index (χ1n) is 8.87. The van der Waals surface area contributed by atoms with Crippen molar-refractivity contribution in [3.05, 3.63) is 83.7 Å². The van der Waals surface area contributed by atoms with Gasteiger partial charge in [-0.1, -0.05) is 54.6 Å². The average Bonchev–Trinajstić information content (AvgIpc) is 3.13. The van der Waals surface area contributed by atoms with Crippen molar-refractivity contribution in [3.63, 3.8) is 0 Å². The summed E-state index contributed by atoms with van der Waals surface area (Å²) in [6.45, 7) is 0.642. The highest BCUT2D eigenvalue weighted by atomic mass is 19.1. The largest absolute Gasteiger partial charge is 0.480 e. The summed E-state index contributed by atoms with van der Waals surface area (Å²) in [5.74, 6) is -1.15. The van der Waals surface area contributed by atoms with E-state index in [2.05, 4.69) is 0 Å². The molecule has 4 rings (SSSR count). The highest BCUT2D eigenvalue weighted by Crippen LogP contribution is 2.37. The lowest BCUT2D eigenvalue weighted by molar-refractivity contribution is -0.142. The van der Waals surface area contributed by atoms with E-state index in [-0.39, 0.29) is 5.82 Å². The minimum absolute atomic E-state index is 0.304. The van der Waals surface area contributed by atoms with Gasteiger partial charge < -0.3 is 5.11 Å². The predicted octanol–water partition coefficient (Wildman–Crippen LogP) is 4.62. The third-order valence-electron chi connectivity index (χ3n) is 5.20. The lowest BCUT2D eigenvalue weighted by Gasteiger charge is -2.32. The lowest BCUT2D eigenvalue weighted by Crippen LogP contribution is -2.39. The van der Waals surface area contributed by atoms with E-state index in [0.29, 0.717) is 18.5 Å². The van der Waals surface area contributed by atoms with Crippen LogP contribution in [0.15, 0.2) is 66.7 Å². The van der Waals surface area contributed by atoms with Crippen LogP contribution in [0.4, 0.5) is 4.39 Å². The molecule has 0 aromatic heterocycles. The molecule has 132 valence electrons. The van der Waals surface area contributed by atoms with E-state index >= 15 is 0 Å². The summed E-state index contributed by atoms with van der Waals surface area (Å²) < 4.78 is 14.6. The normalized spacial score (nSPS) is 18.9. The van der Waals surface area contributed by atoms with E-state index in [1.807, 2.05) is 47.4 Å². The summed E-state index contributed by atoms with van der Waals surface area (Å²) in [6, 6.07) is 19.7. The zero-order valence-corrected chi connectivity index (χ0v) is 14.3. The molecule has 3 aromatic carbocycles. The maximum atomic E-state index is 14.6. The number of carboxylic acids is 1. The van der Waals surface area contributed by atoms with E-state index in [1.54, 1.807) is 18.2 Å². The van der Waals surface area contributed by atoms with Crippen molar-refractivity contribution in [2.75, 3.05) is 6.54 Å². The van der Waals surface area contributed by atoms with Gasteiger partial charge in [-0.15, -0.1) is 0 Å². The Morgan fingerprint density at radius 3 is 2.54 bits per heavy atom. The second-order valence-corrected chi connectivity index (χ2v) is 6.76. The molecule has 3 nitrogen and oxygen atoms in total. The van der Waals surface area contributed by atoms with Crippen LogP contribution in [0.1, 0.15) is 30.0 Å². The van der Waals surface area contributed by atoms with Crippen molar-refractivity contribution in [2.45, 2.75) is 24.9 Å². The number of fused-ring (bicyclic) bond motifs is 1. The van der Waals surface area contributed by atoms with Gasteiger partial charge in [-0.2, -0.15) is 0 Å². The third-order valence-corrected chi connectivity index (χ3v) is 5.20. The Labute approximate surface area is 151 Å². The van der Waals surface area contributed by atoms with Crippen molar-refractivity contribution in [2.24, 2.45) is 0 Å². The number of carbonyl (C=O) groups is 1. The highest BCUT2D eigenvalue weighted by Gasteiger charge is 2.37. The molecular formula is C22H20FNO2. The van der Waals surface area contributed by atoms with E-state index < -0.39 is 18.1 Å². The number of hydrogen-bond donors (Lipinski definition) is 1. The molecule has 0 amide bonds. The number of likely N-dealkylation sites (tertiary alicyclic amines) is 1. The fourth-order valence-electron chi connectivity index (χ4n) is 3.99. The van der Waals surface area contributed by atoms with Crippen LogP contribution in [-0.2, 0) is 4.79 Å². The van der Waals surface area contributed by atoms with E-state index in [9.17, 15) is 14.3 Å². The molecule has 0 saturated carbocycles. The molecule has 0 radical (unpaired) electrons. The number of benzene rings is 3. The summed E-state index contributed by atoms with van der Waals surface area (Å²) in [4.78, 5) is 13.7. The van der Waals surface area contributed by atoms with Crippen molar-refractivity contribution in [1.82, 2.24) is 4.90 Å². The Bertz CT molecular complexity index is 956. The monoisotopic (exact) mass is 349 g/mol. The molecule has 0 aliphatic carbocycles. The topological polar surface area (TPSA) is 40.5 Å². The Balaban J connectivity index is 1.87. The van der Waals surface area contributed by atoms with Gasteiger partial charge in [0.1, 0.15) is 11.9 Å². The maximum absolute atomic E-state index is 14.6. The van der Waals surface area contributed by atoms with E-state index in [4.69, 9.17) is 0 Å². The number of nitrogens with zero attached hydrogens (tertiary/aromatic N) is 1. The van der Waals surface area contributed by atoms with Crippen molar-refractivity contribution in [1.29, 1.82) is 0 Å². The SMILES string of the molecule is O=C(O)C1CCCN1C(c1ccc2ccccc2c1)c1ccccc1F. The minimum Gasteiger partial charge on any atom is -0.480 e. The van der Waals surface area contributed by atoms with Crippen LogP contribution >= 0.6 is 0 Å². The summed E-state index contributed by atoms with van der Waals surface area (Å²) in [7, 11) is 0. The number of aliphatic carboxylic acids is 1. The predicted molar refractivity (Wildman–Crippen MR) is 99.6 cm³/mol.